The van der Waals surface area contributed by atoms with Gasteiger partial charge in [0.25, 0.3) is 5.56 Å². The maximum Gasteiger partial charge on any atom is 0.282 e. The zero-order valence-electron chi connectivity index (χ0n) is 23.9. The van der Waals surface area contributed by atoms with Crippen molar-refractivity contribution in [2.24, 2.45) is 5.10 Å². The smallest absolute Gasteiger partial charge is 0.282 e. The van der Waals surface area contributed by atoms with Gasteiger partial charge in [0.15, 0.2) is 5.82 Å². The lowest BCUT2D eigenvalue weighted by Gasteiger charge is -2.18. The Balaban J connectivity index is 1.54. The van der Waals surface area contributed by atoms with Crippen LogP contribution in [-0.4, -0.2) is 22.5 Å². The fourth-order valence-corrected chi connectivity index (χ4v) is 5.40. The molecule has 0 atom stereocenters. The second kappa shape index (κ2) is 12.9. The van der Waals surface area contributed by atoms with Crippen LogP contribution in [0.25, 0.3) is 22.3 Å². The number of hydrogen-bond acceptors (Lipinski definition) is 5. The lowest BCUT2D eigenvalue weighted by Crippen LogP contribution is -2.21. The van der Waals surface area contributed by atoms with Crippen molar-refractivity contribution in [3.63, 3.8) is 0 Å². The predicted octanol–water partition coefficient (Wildman–Crippen LogP) is 8.10. The highest BCUT2D eigenvalue weighted by molar-refractivity contribution is 14.1. The van der Waals surface area contributed by atoms with Crippen LogP contribution in [0.2, 0.25) is 0 Å². The van der Waals surface area contributed by atoms with Crippen molar-refractivity contribution >= 4 is 39.7 Å². The molecule has 0 N–H and O–H groups in total. The molecule has 0 fully saturated rings. The van der Waals surface area contributed by atoms with Crippen LogP contribution in [0, 0.1) is 16.3 Å². The van der Waals surface area contributed by atoms with Gasteiger partial charge in [0, 0.05) is 5.56 Å². The van der Waals surface area contributed by atoms with Crippen molar-refractivity contribution in [3.05, 3.63) is 121 Å². The van der Waals surface area contributed by atoms with Crippen molar-refractivity contribution in [1.82, 2.24) is 9.66 Å². The van der Waals surface area contributed by atoms with Gasteiger partial charge in [-0.05, 0) is 119 Å². The second-order valence-electron chi connectivity index (χ2n) is 10.2. The third kappa shape index (κ3) is 6.38. The van der Waals surface area contributed by atoms with Crippen LogP contribution in [-0.2, 0) is 6.61 Å². The topological polar surface area (TPSA) is 65.7 Å². The van der Waals surface area contributed by atoms with E-state index in [1.54, 1.807) is 18.3 Å². The summed E-state index contributed by atoms with van der Waals surface area (Å²) in [5, 5.41) is 5.14. The first kappa shape index (κ1) is 29.4. The summed E-state index contributed by atoms with van der Waals surface area (Å²) in [6.45, 7) is 9.00. The maximum atomic E-state index is 13.7. The highest BCUT2D eigenvalue weighted by Gasteiger charge is 2.18. The summed E-state index contributed by atoms with van der Waals surface area (Å²) >= 11 is 2.19. The third-order valence-electron chi connectivity index (χ3n) is 6.83. The van der Waals surface area contributed by atoms with Crippen molar-refractivity contribution in [2.45, 2.75) is 40.2 Å². The van der Waals surface area contributed by atoms with E-state index in [1.165, 1.54) is 16.8 Å². The van der Waals surface area contributed by atoms with Crippen LogP contribution in [0.1, 0.15) is 48.9 Å². The molecule has 0 saturated carbocycles. The van der Waals surface area contributed by atoms with E-state index in [-0.39, 0.29) is 23.9 Å². The molecule has 0 spiro atoms. The SMILES string of the molecule is CCOc1cc(C)c(-c2nc3ccccc3c(=O)n2N=Cc2ccc(OCc3cccc(F)c3)c(I)c2)cc1C(C)C. The molecule has 6 nitrogen and oxygen atoms in total. The molecule has 42 heavy (non-hydrogen) atoms. The Morgan fingerprint density at radius 2 is 1.81 bits per heavy atom. The van der Waals surface area contributed by atoms with Gasteiger partial charge >= 0.3 is 0 Å². The molecule has 0 aliphatic carbocycles. The predicted molar refractivity (Wildman–Crippen MR) is 174 cm³/mol. The van der Waals surface area contributed by atoms with Crippen LogP contribution in [0.3, 0.4) is 0 Å². The molecule has 0 aliphatic rings. The number of aromatic nitrogens is 2. The first-order valence-corrected chi connectivity index (χ1v) is 14.8. The number of fused-ring (bicyclic) bond motifs is 1. The Bertz CT molecular complexity index is 1850. The Labute approximate surface area is 258 Å². The van der Waals surface area contributed by atoms with Crippen LogP contribution in [0.5, 0.6) is 11.5 Å². The fraction of sp³-hybridized carbons (Fsp3) is 0.206. The monoisotopic (exact) mass is 675 g/mol. The number of ether oxygens (including phenoxy) is 2. The molecular weight excluding hydrogens is 644 g/mol. The Morgan fingerprint density at radius 1 is 1.00 bits per heavy atom. The maximum absolute atomic E-state index is 13.7. The van der Waals surface area contributed by atoms with Gasteiger partial charge in [-0.25, -0.2) is 9.37 Å². The number of halogens is 2. The van der Waals surface area contributed by atoms with Crippen LogP contribution >= 0.6 is 22.6 Å². The molecular formula is C34H31FIN3O3. The zero-order chi connectivity index (χ0) is 29.8. The minimum atomic E-state index is -0.295. The van der Waals surface area contributed by atoms with E-state index in [1.807, 2.05) is 62.4 Å². The van der Waals surface area contributed by atoms with Crippen molar-refractivity contribution in [3.8, 4) is 22.9 Å². The molecule has 0 amide bonds. The molecule has 1 aromatic heterocycles. The van der Waals surface area contributed by atoms with Gasteiger partial charge in [0.1, 0.15) is 23.9 Å². The largest absolute Gasteiger partial charge is 0.494 e. The van der Waals surface area contributed by atoms with E-state index in [4.69, 9.17) is 14.5 Å². The molecule has 0 radical (unpaired) electrons. The highest BCUT2D eigenvalue weighted by atomic mass is 127. The Hall–Kier alpha value is -4.05. The summed E-state index contributed by atoms with van der Waals surface area (Å²) in [6, 6.07) is 23.3. The quantitative estimate of drug-likeness (QED) is 0.117. The Morgan fingerprint density at radius 3 is 2.55 bits per heavy atom. The number of rotatable bonds is 9. The molecule has 214 valence electrons. The number of benzene rings is 4. The van der Waals surface area contributed by atoms with Crippen LogP contribution < -0.4 is 15.0 Å². The third-order valence-corrected chi connectivity index (χ3v) is 7.68. The average Bonchev–Trinajstić information content (AvgIpc) is 2.96. The summed E-state index contributed by atoms with van der Waals surface area (Å²) in [7, 11) is 0. The average molecular weight is 676 g/mol. The van der Waals surface area contributed by atoms with E-state index in [2.05, 4.69) is 47.6 Å². The highest BCUT2D eigenvalue weighted by Crippen LogP contribution is 2.34. The summed E-state index contributed by atoms with van der Waals surface area (Å²) < 4.78 is 27.6. The summed E-state index contributed by atoms with van der Waals surface area (Å²) in [5.74, 6) is 1.88. The number of aryl methyl sites for hydroxylation is 1. The van der Waals surface area contributed by atoms with Gasteiger partial charge in [-0.1, -0.05) is 38.1 Å². The van der Waals surface area contributed by atoms with Gasteiger partial charge in [-0.3, -0.25) is 4.79 Å². The molecule has 5 rings (SSSR count). The summed E-state index contributed by atoms with van der Waals surface area (Å²) in [6.07, 6.45) is 1.65. The Kier molecular flexibility index (Phi) is 9.01. The fourth-order valence-electron chi connectivity index (χ4n) is 4.70. The van der Waals surface area contributed by atoms with Gasteiger partial charge in [-0.15, -0.1) is 0 Å². The first-order chi connectivity index (χ1) is 20.2. The minimum absolute atomic E-state index is 0.207. The number of hydrogen-bond donors (Lipinski definition) is 0. The summed E-state index contributed by atoms with van der Waals surface area (Å²) in [4.78, 5) is 18.7. The normalized spacial score (nSPS) is 11.5. The van der Waals surface area contributed by atoms with E-state index < -0.39 is 0 Å². The lowest BCUT2D eigenvalue weighted by molar-refractivity contribution is 0.303. The van der Waals surface area contributed by atoms with Gasteiger partial charge < -0.3 is 9.47 Å². The number of nitrogens with zero attached hydrogens (tertiary/aromatic N) is 3. The van der Waals surface area contributed by atoms with E-state index in [0.717, 1.165) is 37.1 Å². The second-order valence-corrected chi connectivity index (χ2v) is 11.4. The van der Waals surface area contributed by atoms with Crippen LogP contribution in [0.15, 0.2) is 88.8 Å². The van der Waals surface area contributed by atoms with E-state index in [0.29, 0.717) is 29.1 Å². The molecule has 1 heterocycles. The first-order valence-electron chi connectivity index (χ1n) is 13.8. The summed E-state index contributed by atoms with van der Waals surface area (Å²) in [5.41, 5.74) is 4.68. The van der Waals surface area contributed by atoms with Crippen molar-refractivity contribution in [1.29, 1.82) is 0 Å². The number of para-hydroxylation sites is 1. The standard InChI is InChI=1S/C34H31FIN3O3/c1-5-41-32-15-22(4)28(18-27(32)21(2)3)33-38-30-12-7-6-11-26(30)34(40)39(33)37-19-23-13-14-31(29(36)17-23)42-20-24-9-8-10-25(35)16-24/h6-19,21H,5,20H2,1-4H3. The van der Waals surface area contributed by atoms with Gasteiger partial charge in [0.05, 0.1) is 27.3 Å². The zero-order valence-corrected chi connectivity index (χ0v) is 26.1. The molecule has 5 aromatic rings. The molecule has 4 aromatic carbocycles. The van der Waals surface area contributed by atoms with Gasteiger partial charge in [-0.2, -0.15) is 9.78 Å². The van der Waals surface area contributed by atoms with Crippen molar-refractivity contribution < 1.29 is 13.9 Å². The van der Waals surface area contributed by atoms with E-state index in [9.17, 15) is 9.18 Å². The molecule has 8 heteroatoms. The van der Waals surface area contributed by atoms with Crippen LogP contribution in [0.4, 0.5) is 4.39 Å². The minimum Gasteiger partial charge on any atom is -0.494 e. The molecule has 0 saturated heterocycles. The van der Waals surface area contributed by atoms with Crippen molar-refractivity contribution in [2.75, 3.05) is 6.61 Å². The lowest BCUT2D eigenvalue weighted by atomic mass is 9.96. The molecule has 0 aliphatic heterocycles. The van der Waals surface area contributed by atoms with E-state index >= 15 is 0 Å². The molecule has 0 bridgehead atoms. The molecule has 0 unspecified atom stereocenters. The van der Waals surface area contributed by atoms with Gasteiger partial charge in [0.2, 0.25) is 0 Å².